The molecule has 0 saturated heterocycles. The van der Waals surface area contributed by atoms with Crippen LogP contribution in [0.25, 0.3) is 17.8 Å². The number of fused-ring (bicyclic) bond motifs is 1. The second-order valence-electron chi connectivity index (χ2n) is 7.93. The van der Waals surface area contributed by atoms with E-state index in [2.05, 4.69) is 31.0 Å². The lowest BCUT2D eigenvalue weighted by atomic mass is 9.91. The molecule has 4 heterocycles. The molecular formula is C24H22BrFN6O. The third-order valence-electron chi connectivity index (χ3n) is 5.68. The highest BCUT2D eigenvalue weighted by atomic mass is 79.9. The van der Waals surface area contributed by atoms with Gasteiger partial charge in [-0.15, -0.1) is 0 Å². The SMILES string of the molecule is COc1nc(C=Cc2nc3n(n2)CCC[C@@H]3c2ccc(F)cc2Br)ccc1-n1cnc(C)c1. The van der Waals surface area contributed by atoms with Crippen LogP contribution in [-0.4, -0.2) is 36.4 Å². The van der Waals surface area contributed by atoms with Crippen LogP contribution >= 0.6 is 15.9 Å². The van der Waals surface area contributed by atoms with Gasteiger partial charge in [-0.2, -0.15) is 5.10 Å². The fourth-order valence-corrected chi connectivity index (χ4v) is 4.75. The number of rotatable bonds is 5. The number of ether oxygens (including phenoxy) is 1. The minimum Gasteiger partial charge on any atom is -0.479 e. The number of hydrogen-bond donors (Lipinski definition) is 0. The molecule has 0 spiro atoms. The second kappa shape index (κ2) is 8.90. The van der Waals surface area contributed by atoms with E-state index in [1.54, 1.807) is 13.4 Å². The third-order valence-corrected chi connectivity index (χ3v) is 6.36. The number of nitrogens with zero attached hydrogens (tertiary/aromatic N) is 6. The molecule has 4 aromatic rings. The molecular weight excluding hydrogens is 487 g/mol. The predicted molar refractivity (Wildman–Crippen MR) is 127 cm³/mol. The molecule has 5 rings (SSSR count). The largest absolute Gasteiger partial charge is 0.479 e. The maximum atomic E-state index is 13.6. The van der Waals surface area contributed by atoms with Gasteiger partial charge in [0.05, 0.1) is 24.8 Å². The molecule has 9 heteroatoms. The maximum Gasteiger partial charge on any atom is 0.238 e. The molecule has 0 N–H and O–H groups in total. The molecule has 33 heavy (non-hydrogen) atoms. The first-order chi connectivity index (χ1) is 16.0. The van der Waals surface area contributed by atoms with E-state index in [1.807, 2.05) is 52.7 Å². The number of hydrogen-bond acceptors (Lipinski definition) is 5. The second-order valence-corrected chi connectivity index (χ2v) is 8.79. The monoisotopic (exact) mass is 508 g/mol. The van der Waals surface area contributed by atoms with Crippen LogP contribution in [0.15, 0.2) is 47.3 Å². The molecule has 0 bridgehead atoms. The van der Waals surface area contributed by atoms with E-state index >= 15 is 0 Å². The van der Waals surface area contributed by atoms with Crippen molar-refractivity contribution >= 4 is 28.1 Å². The zero-order valence-corrected chi connectivity index (χ0v) is 19.8. The Morgan fingerprint density at radius 1 is 1.18 bits per heavy atom. The van der Waals surface area contributed by atoms with Crippen LogP contribution in [0.4, 0.5) is 4.39 Å². The number of aryl methyl sites for hydroxylation is 2. The molecule has 0 aliphatic carbocycles. The van der Waals surface area contributed by atoms with Gasteiger partial charge in [-0.1, -0.05) is 22.0 Å². The van der Waals surface area contributed by atoms with E-state index in [0.29, 0.717) is 11.7 Å². The van der Waals surface area contributed by atoms with Crippen LogP contribution in [0.1, 0.15) is 47.4 Å². The van der Waals surface area contributed by atoms with Gasteiger partial charge in [0, 0.05) is 23.1 Å². The van der Waals surface area contributed by atoms with Gasteiger partial charge in [0.15, 0.2) is 5.82 Å². The molecule has 0 unspecified atom stereocenters. The minimum absolute atomic E-state index is 0.0690. The van der Waals surface area contributed by atoms with Crippen molar-refractivity contribution in [3.63, 3.8) is 0 Å². The van der Waals surface area contributed by atoms with Crippen molar-refractivity contribution in [1.82, 2.24) is 29.3 Å². The summed E-state index contributed by atoms with van der Waals surface area (Å²) in [6.45, 7) is 2.75. The topological polar surface area (TPSA) is 70.7 Å². The zero-order chi connectivity index (χ0) is 22.9. The van der Waals surface area contributed by atoms with Crippen molar-refractivity contribution < 1.29 is 9.13 Å². The minimum atomic E-state index is -0.261. The molecule has 0 saturated carbocycles. The highest BCUT2D eigenvalue weighted by Crippen LogP contribution is 2.36. The average molecular weight is 509 g/mol. The van der Waals surface area contributed by atoms with Gasteiger partial charge in [-0.25, -0.2) is 24.0 Å². The quantitative estimate of drug-likeness (QED) is 0.371. The number of aromatic nitrogens is 6. The van der Waals surface area contributed by atoms with Crippen LogP contribution in [0.5, 0.6) is 5.88 Å². The van der Waals surface area contributed by atoms with Gasteiger partial charge in [0.1, 0.15) is 17.3 Å². The summed E-state index contributed by atoms with van der Waals surface area (Å²) in [7, 11) is 1.60. The van der Waals surface area contributed by atoms with E-state index in [0.717, 1.165) is 52.3 Å². The van der Waals surface area contributed by atoms with E-state index in [1.165, 1.54) is 12.1 Å². The standard InChI is InChI=1S/C24H22BrFN6O/c1-15-13-31(14-27-15)21-9-6-17(28-24(21)33-2)7-10-22-29-23-19(4-3-11-32(23)30-22)18-8-5-16(26)12-20(18)25/h5-10,12-14,19H,3-4,11H2,1-2H3/t19-/m1/s1. The summed E-state index contributed by atoms with van der Waals surface area (Å²) in [5.74, 6) is 1.82. The summed E-state index contributed by atoms with van der Waals surface area (Å²) in [5.41, 5.74) is 3.50. The Kier molecular flexibility index (Phi) is 5.80. The molecule has 0 amide bonds. The fraction of sp³-hybridized carbons (Fsp3) is 0.250. The molecule has 1 aromatic carbocycles. The Balaban J connectivity index is 1.42. The number of halogens is 2. The Morgan fingerprint density at radius 3 is 2.82 bits per heavy atom. The number of methoxy groups -OCH3 is 1. The molecule has 1 atom stereocenters. The van der Waals surface area contributed by atoms with Crippen LogP contribution < -0.4 is 4.74 Å². The molecule has 168 valence electrons. The van der Waals surface area contributed by atoms with Gasteiger partial charge >= 0.3 is 0 Å². The Bertz CT molecular complexity index is 1340. The van der Waals surface area contributed by atoms with Crippen molar-refractivity contribution in [2.45, 2.75) is 32.2 Å². The Morgan fingerprint density at radius 2 is 2.06 bits per heavy atom. The molecule has 0 fully saturated rings. The number of benzene rings is 1. The number of imidazole rings is 1. The Labute approximate surface area is 199 Å². The van der Waals surface area contributed by atoms with Crippen LogP contribution in [0.3, 0.4) is 0 Å². The van der Waals surface area contributed by atoms with E-state index in [4.69, 9.17) is 9.72 Å². The highest BCUT2D eigenvalue weighted by Gasteiger charge is 2.27. The van der Waals surface area contributed by atoms with Crippen molar-refractivity contribution in [3.05, 3.63) is 81.7 Å². The van der Waals surface area contributed by atoms with Crippen molar-refractivity contribution in [2.75, 3.05) is 7.11 Å². The summed E-state index contributed by atoms with van der Waals surface area (Å²) >= 11 is 3.50. The van der Waals surface area contributed by atoms with Crippen molar-refractivity contribution in [3.8, 4) is 11.6 Å². The average Bonchev–Trinajstić information content (AvgIpc) is 3.43. The number of pyridine rings is 1. The van der Waals surface area contributed by atoms with E-state index in [9.17, 15) is 4.39 Å². The first-order valence-electron chi connectivity index (χ1n) is 10.7. The molecule has 1 aliphatic heterocycles. The molecule has 3 aromatic heterocycles. The van der Waals surface area contributed by atoms with Crippen molar-refractivity contribution in [1.29, 1.82) is 0 Å². The lowest BCUT2D eigenvalue weighted by Crippen LogP contribution is -2.18. The van der Waals surface area contributed by atoms with E-state index < -0.39 is 0 Å². The first-order valence-corrected chi connectivity index (χ1v) is 11.4. The normalized spacial score (nSPS) is 15.7. The molecule has 0 radical (unpaired) electrons. The summed E-state index contributed by atoms with van der Waals surface area (Å²) in [6, 6.07) is 8.67. The summed E-state index contributed by atoms with van der Waals surface area (Å²) in [5, 5.41) is 4.66. The van der Waals surface area contributed by atoms with Crippen LogP contribution in [-0.2, 0) is 6.54 Å². The third kappa shape index (κ3) is 4.32. The maximum absolute atomic E-state index is 13.6. The highest BCUT2D eigenvalue weighted by molar-refractivity contribution is 9.10. The summed E-state index contributed by atoms with van der Waals surface area (Å²) in [6.07, 6.45) is 9.31. The van der Waals surface area contributed by atoms with Gasteiger partial charge in [-0.05, 0) is 61.7 Å². The predicted octanol–water partition coefficient (Wildman–Crippen LogP) is 5.17. The van der Waals surface area contributed by atoms with Gasteiger partial charge in [0.25, 0.3) is 0 Å². The van der Waals surface area contributed by atoms with Gasteiger partial charge in [-0.3, -0.25) is 0 Å². The van der Waals surface area contributed by atoms with Crippen LogP contribution in [0.2, 0.25) is 0 Å². The van der Waals surface area contributed by atoms with Gasteiger partial charge < -0.3 is 9.30 Å². The summed E-state index contributed by atoms with van der Waals surface area (Å²) in [4.78, 5) is 13.6. The van der Waals surface area contributed by atoms with Crippen molar-refractivity contribution in [2.24, 2.45) is 0 Å². The Hall–Kier alpha value is -3.33. The smallest absolute Gasteiger partial charge is 0.238 e. The zero-order valence-electron chi connectivity index (χ0n) is 18.2. The van der Waals surface area contributed by atoms with Gasteiger partial charge in [0.2, 0.25) is 5.88 Å². The first kappa shape index (κ1) is 21.5. The fourth-order valence-electron chi connectivity index (χ4n) is 4.12. The lowest BCUT2D eigenvalue weighted by Gasteiger charge is -2.23. The molecule has 1 aliphatic rings. The summed E-state index contributed by atoms with van der Waals surface area (Å²) < 4.78 is 23.6. The van der Waals surface area contributed by atoms with E-state index in [-0.39, 0.29) is 11.7 Å². The molecule has 7 nitrogen and oxygen atoms in total. The lowest BCUT2D eigenvalue weighted by molar-refractivity contribution is 0.395. The van der Waals surface area contributed by atoms with Crippen LogP contribution in [0, 0.1) is 12.7 Å².